The van der Waals surface area contributed by atoms with Crippen molar-refractivity contribution >= 4 is 11.4 Å². The summed E-state index contributed by atoms with van der Waals surface area (Å²) < 4.78 is 102. The predicted molar refractivity (Wildman–Crippen MR) is 182 cm³/mol. The molecule has 0 radical (unpaired) electrons. The fourth-order valence-electron chi connectivity index (χ4n) is 6.46. The Labute approximate surface area is 302 Å². The summed E-state index contributed by atoms with van der Waals surface area (Å²) in [6.07, 6.45) is 0.0970. The van der Waals surface area contributed by atoms with E-state index in [0.29, 0.717) is 53.6 Å². The van der Waals surface area contributed by atoms with Gasteiger partial charge in [0.05, 0.1) is 12.2 Å². The molecule has 0 aliphatic carbocycles. The number of pyridine rings is 1. The highest BCUT2D eigenvalue weighted by Gasteiger charge is 2.58. The molecular formula is C36H30F7N9O2. The number of tetrazole rings is 1. The summed E-state index contributed by atoms with van der Waals surface area (Å²) in [6.45, 7) is 0.366. The van der Waals surface area contributed by atoms with Crippen LogP contribution in [-0.4, -0.2) is 71.8 Å². The van der Waals surface area contributed by atoms with Gasteiger partial charge in [-0.3, -0.25) is 14.1 Å². The van der Waals surface area contributed by atoms with Crippen LogP contribution in [0.5, 0.6) is 0 Å². The van der Waals surface area contributed by atoms with Gasteiger partial charge < -0.3 is 14.9 Å². The molecule has 7 rings (SSSR count). The molecule has 4 heterocycles. The number of hydrogen-bond donors (Lipinski definition) is 1. The Kier molecular flexibility index (Phi) is 9.47. The molecule has 1 atom stereocenters. The van der Waals surface area contributed by atoms with Crippen molar-refractivity contribution in [1.29, 1.82) is 0 Å². The van der Waals surface area contributed by atoms with Crippen molar-refractivity contribution in [3.8, 4) is 16.8 Å². The molecule has 0 unspecified atom stereocenters. The van der Waals surface area contributed by atoms with E-state index in [0.717, 1.165) is 51.3 Å². The van der Waals surface area contributed by atoms with Crippen LogP contribution in [0.4, 0.5) is 42.1 Å². The number of nitrogens with zero attached hydrogens (tertiary/aromatic N) is 9. The highest BCUT2D eigenvalue weighted by molar-refractivity contribution is 5.66. The van der Waals surface area contributed by atoms with Crippen LogP contribution in [-0.2, 0) is 24.6 Å². The molecule has 18 heteroatoms. The van der Waals surface area contributed by atoms with E-state index in [1.165, 1.54) is 18.5 Å². The van der Waals surface area contributed by atoms with Gasteiger partial charge in [-0.1, -0.05) is 18.2 Å². The van der Waals surface area contributed by atoms with E-state index in [-0.39, 0.29) is 0 Å². The summed E-state index contributed by atoms with van der Waals surface area (Å²) >= 11 is 0. The number of halogens is 7. The van der Waals surface area contributed by atoms with Crippen molar-refractivity contribution in [1.82, 2.24) is 34.3 Å². The van der Waals surface area contributed by atoms with Crippen LogP contribution in [0, 0.1) is 11.6 Å². The maximum atomic E-state index is 16.1. The summed E-state index contributed by atoms with van der Waals surface area (Å²) in [7, 11) is 0. The van der Waals surface area contributed by atoms with E-state index in [4.69, 9.17) is 0 Å². The maximum absolute atomic E-state index is 16.1. The van der Waals surface area contributed by atoms with E-state index in [2.05, 4.69) is 30.3 Å². The number of aromatic nitrogens is 7. The summed E-state index contributed by atoms with van der Waals surface area (Å²) in [4.78, 5) is 20.7. The normalized spacial score (nSPS) is 15.0. The monoisotopic (exact) mass is 753 g/mol. The third kappa shape index (κ3) is 7.15. The Hall–Kier alpha value is -6.04. The largest absolute Gasteiger partial charge is 0.406 e. The van der Waals surface area contributed by atoms with Crippen LogP contribution in [0.3, 0.4) is 0 Å². The van der Waals surface area contributed by atoms with Crippen molar-refractivity contribution in [2.24, 2.45) is 0 Å². The summed E-state index contributed by atoms with van der Waals surface area (Å²) in [5.74, 6) is -6.57. The second-order valence-electron chi connectivity index (χ2n) is 12.7. The van der Waals surface area contributed by atoms with Gasteiger partial charge >= 0.3 is 17.8 Å². The van der Waals surface area contributed by atoms with Crippen LogP contribution < -0.4 is 15.5 Å². The fraction of sp³-hybridized carbons (Fsp3) is 0.250. The Bertz CT molecular complexity index is 2270. The van der Waals surface area contributed by atoms with Gasteiger partial charge in [-0.2, -0.15) is 22.0 Å². The van der Waals surface area contributed by atoms with E-state index in [9.17, 15) is 31.9 Å². The molecule has 11 nitrogen and oxygen atoms in total. The lowest BCUT2D eigenvalue weighted by Gasteiger charge is -2.37. The van der Waals surface area contributed by atoms with Gasteiger partial charge in [0.15, 0.2) is 5.60 Å². The lowest BCUT2D eigenvalue weighted by atomic mass is 9.84. The number of alkyl halides is 5. The highest BCUT2D eigenvalue weighted by Crippen LogP contribution is 2.47. The average Bonchev–Trinajstić information content (AvgIpc) is 3.80. The summed E-state index contributed by atoms with van der Waals surface area (Å²) in [6, 6.07) is 18.8. The van der Waals surface area contributed by atoms with Gasteiger partial charge in [0.25, 0.3) is 0 Å². The molecule has 0 spiro atoms. The van der Waals surface area contributed by atoms with Gasteiger partial charge in [0, 0.05) is 73.3 Å². The van der Waals surface area contributed by atoms with E-state index in [1.807, 2.05) is 36.4 Å². The molecule has 6 aromatic rings. The van der Waals surface area contributed by atoms with Crippen LogP contribution in [0.2, 0.25) is 0 Å². The van der Waals surface area contributed by atoms with Crippen molar-refractivity contribution < 1.29 is 35.8 Å². The zero-order valence-electron chi connectivity index (χ0n) is 28.1. The van der Waals surface area contributed by atoms with Gasteiger partial charge in [-0.05, 0) is 70.6 Å². The molecule has 1 fully saturated rings. The maximum Gasteiger partial charge on any atom is 0.406 e. The summed E-state index contributed by atoms with van der Waals surface area (Å²) in [5, 5.41) is 21.7. The second-order valence-corrected chi connectivity index (χ2v) is 12.7. The SMILES string of the molecule is O=c1n(CC(F)(F)F)ccn1-c1ccc(N2CCN(c3ccc(-c4ccc(C(F)(F)[C@](O)(Cn5cnnn5)c5ccc(F)cc5F)nc4)cc3)CC2)cc1. The summed E-state index contributed by atoms with van der Waals surface area (Å²) in [5.41, 5.74) is -2.28. The van der Waals surface area contributed by atoms with Gasteiger partial charge in [0.1, 0.15) is 30.2 Å². The van der Waals surface area contributed by atoms with Crippen molar-refractivity contribution in [3.63, 3.8) is 0 Å². The van der Waals surface area contributed by atoms with Gasteiger partial charge in [-0.15, -0.1) is 5.10 Å². The van der Waals surface area contributed by atoms with E-state index >= 15 is 8.78 Å². The molecule has 54 heavy (non-hydrogen) atoms. The fourth-order valence-corrected chi connectivity index (χ4v) is 6.46. The number of aliphatic hydroxyl groups is 1. The van der Waals surface area contributed by atoms with E-state index in [1.54, 1.807) is 12.1 Å². The zero-order chi connectivity index (χ0) is 38.3. The number of hydrogen-bond acceptors (Lipinski definition) is 8. The number of benzene rings is 3. The van der Waals surface area contributed by atoms with Gasteiger partial charge in [0.2, 0.25) is 0 Å². The first-order valence-corrected chi connectivity index (χ1v) is 16.5. The van der Waals surface area contributed by atoms with E-state index < -0.39 is 59.4 Å². The highest BCUT2D eigenvalue weighted by atomic mass is 19.4. The standard InChI is InChI=1S/C36H30F7N9O2/c37-26-4-11-30(31(38)19-26)34(54,21-51-23-45-46-47-51)36(42,43)32-12-3-25(20-44-32)24-1-5-27(6-2-24)48-13-15-49(16-14-48)28-7-9-29(10-8-28)52-18-17-50(33(52)53)22-35(39,40)41/h1-12,17-20,23,54H,13-16,21-22H2/t34-/m0/s1. The Morgan fingerprint density at radius 2 is 1.33 bits per heavy atom. The zero-order valence-corrected chi connectivity index (χ0v) is 28.1. The number of anilines is 2. The molecule has 0 amide bonds. The van der Waals surface area contributed by atoms with Crippen molar-refractivity contribution in [2.45, 2.75) is 30.8 Å². The third-order valence-electron chi connectivity index (χ3n) is 9.30. The molecule has 1 aliphatic heterocycles. The predicted octanol–water partition coefficient (Wildman–Crippen LogP) is 5.53. The molecule has 1 aliphatic rings. The first-order valence-electron chi connectivity index (χ1n) is 16.5. The van der Waals surface area contributed by atoms with Crippen molar-refractivity contribution in [3.05, 3.63) is 137 Å². The molecule has 1 saturated heterocycles. The quantitative estimate of drug-likeness (QED) is 0.182. The minimum absolute atomic E-state index is 0.400. The van der Waals surface area contributed by atoms with Crippen LogP contribution in [0.25, 0.3) is 16.8 Å². The van der Waals surface area contributed by atoms with Crippen LogP contribution in [0.1, 0.15) is 11.3 Å². The third-order valence-corrected chi connectivity index (χ3v) is 9.30. The average molecular weight is 754 g/mol. The number of rotatable bonds is 10. The second kappa shape index (κ2) is 14.1. The van der Waals surface area contributed by atoms with Crippen molar-refractivity contribution in [2.75, 3.05) is 36.0 Å². The first kappa shape index (κ1) is 36.3. The molecule has 3 aromatic heterocycles. The molecular weight excluding hydrogens is 723 g/mol. The van der Waals surface area contributed by atoms with Gasteiger partial charge in [-0.25, -0.2) is 18.3 Å². The molecule has 0 saturated carbocycles. The Balaban J connectivity index is 1.00. The molecule has 280 valence electrons. The minimum Gasteiger partial charge on any atom is -0.377 e. The van der Waals surface area contributed by atoms with Crippen LogP contribution >= 0.6 is 0 Å². The topological polar surface area (TPSA) is 110 Å². The molecule has 3 aromatic carbocycles. The Morgan fingerprint density at radius 3 is 1.89 bits per heavy atom. The first-order chi connectivity index (χ1) is 25.7. The minimum atomic E-state index is -4.51. The molecule has 0 bridgehead atoms. The number of piperazine rings is 1. The number of imidazole rings is 1. The lowest BCUT2D eigenvalue weighted by Crippen LogP contribution is -2.48. The lowest BCUT2D eigenvalue weighted by molar-refractivity contribution is -0.207. The molecule has 1 N–H and O–H groups in total. The smallest absolute Gasteiger partial charge is 0.377 e. The van der Waals surface area contributed by atoms with Crippen LogP contribution in [0.15, 0.2) is 109 Å². The Morgan fingerprint density at radius 1 is 0.722 bits per heavy atom.